The van der Waals surface area contributed by atoms with Crippen LogP contribution in [0, 0.1) is 0 Å². The molecular weight excluding hydrogens is 138 g/mol. The third kappa shape index (κ3) is 6.71. The Labute approximate surface area is 67.9 Å². The second-order valence-corrected chi connectivity index (χ2v) is 2.34. The standard InChI is InChI=1S/C9H15NO/c1-4-7-10-8(2)5-6-9(3)11/h4,10-11H,1-3,5-7H2. The quantitative estimate of drug-likeness (QED) is 0.452. The Hall–Kier alpha value is -1.18. The summed E-state index contributed by atoms with van der Waals surface area (Å²) in [5.41, 5.74) is 0.903. The summed E-state index contributed by atoms with van der Waals surface area (Å²) < 4.78 is 0. The number of aliphatic hydroxyl groups is 1. The van der Waals surface area contributed by atoms with E-state index in [1.807, 2.05) is 0 Å². The molecule has 0 amide bonds. The highest BCUT2D eigenvalue weighted by molar-refractivity contribution is 4.96. The fourth-order valence-electron chi connectivity index (χ4n) is 0.600. The summed E-state index contributed by atoms with van der Waals surface area (Å²) >= 11 is 0. The molecule has 0 unspecified atom stereocenters. The summed E-state index contributed by atoms with van der Waals surface area (Å²) in [6, 6.07) is 0. The highest BCUT2D eigenvalue weighted by atomic mass is 16.3. The third-order valence-electron chi connectivity index (χ3n) is 1.21. The Morgan fingerprint density at radius 1 is 1.36 bits per heavy atom. The maximum absolute atomic E-state index is 8.74. The van der Waals surface area contributed by atoms with Gasteiger partial charge in [0.2, 0.25) is 0 Å². The normalized spacial score (nSPS) is 8.73. The molecule has 0 aliphatic rings. The molecule has 0 rings (SSSR count). The molecule has 11 heavy (non-hydrogen) atoms. The van der Waals surface area contributed by atoms with Crippen molar-refractivity contribution in [3.05, 3.63) is 37.3 Å². The predicted molar refractivity (Wildman–Crippen MR) is 48.3 cm³/mol. The van der Waals surface area contributed by atoms with Crippen LogP contribution in [0.2, 0.25) is 0 Å². The van der Waals surface area contributed by atoms with Crippen molar-refractivity contribution in [2.75, 3.05) is 6.54 Å². The number of nitrogens with one attached hydrogen (secondary N) is 1. The van der Waals surface area contributed by atoms with E-state index < -0.39 is 0 Å². The zero-order chi connectivity index (χ0) is 8.69. The van der Waals surface area contributed by atoms with Gasteiger partial charge in [-0.3, -0.25) is 0 Å². The summed E-state index contributed by atoms with van der Waals surface area (Å²) in [6.45, 7) is 11.4. The van der Waals surface area contributed by atoms with E-state index in [1.165, 1.54) is 0 Å². The Morgan fingerprint density at radius 3 is 2.45 bits per heavy atom. The monoisotopic (exact) mass is 153 g/mol. The van der Waals surface area contributed by atoms with E-state index in [1.54, 1.807) is 6.08 Å². The SMILES string of the molecule is C=CCNC(=C)CCC(=C)O. The van der Waals surface area contributed by atoms with Crippen molar-refractivity contribution >= 4 is 0 Å². The first-order valence-electron chi connectivity index (χ1n) is 3.56. The van der Waals surface area contributed by atoms with Gasteiger partial charge in [-0.15, -0.1) is 6.58 Å². The van der Waals surface area contributed by atoms with Crippen LogP contribution in [-0.4, -0.2) is 11.7 Å². The summed E-state index contributed by atoms with van der Waals surface area (Å²) in [6.07, 6.45) is 3.06. The number of rotatable bonds is 6. The minimum Gasteiger partial charge on any atom is -0.513 e. The molecule has 0 saturated heterocycles. The molecule has 0 bridgehead atoms. The van der Waals surface area contributed by atoms with Crippen molar-refractivity contribution in [3.8, 4) is 0 Å². The summed E-state index contributed by atoms with van der Waals surface area (Å²) in [7, 11) is 0. The molecule has 2 N–H and O–H groups in total. The second-order valence-electron chi connectivity index (χ2n) is 2.34. The van der Waals surface area contributed by atoms with E-state index in [2.05, 4.69) is 25.1 Å². The highest BCUT2D eigenvalue weighted by Gasteiger charge is 1.93. The van der Waals surface area contributed by atoms with Gasteiger partial charge in [-0.1, -0.05) is 19.2 Å². The highest BCUT2D eigenvalue weighted by Crippen LogP contribution is 2.02. The average Bonchev–Trinajstić information content (AvgIpc) is 1.97. The van der Waals surface area contributed by atoms with Gasteiger partial charge in [0.25, 0.3) is 0 Å². The van der Waals surface area contributed by atoms with Gasteiger partial charge in [-0.25, -0.2) is 0 Å². The third-order valence-corrected chi connectivity index (χ3v) is 1.21. The van der Waals surface area contributed by atoms with Crippen LogP contribution in [-0.2, 0) is 0 Å². The Bertz CT molecular complexity index is 161. The fraction of sp³-hybridized carbons (Fsp3) is 0.333. The molecule has 0 aliphatic heterocycles. The summed E-state index contributed by atoms with van der Waals surface area (Å²) in [5, 5.41) is 11.8. The van der Waals surface area contributed by atoms with Crippen LogP contribution in [0.4, 0.5) is 0 Å². The van der Waals surface area contributed by atoms with Crippen LogP contribution in [0.5, 0.6) is 0 Å². The lowest BCUT2D eigenvalue weighted by Crippen LogP contribution is -2.11. The lowest BCUT2D eigenvalue weighted by Gasteiger charge is -2.05. The van der Waals surface area contributed by atoms with E-state index in [4.69, 9.17) is 5.11 Å². The lowest BCUT2D eigenvalue weighted by molar-refractivity contribution is 0.390. The molecule has 0 aromatic rings. The van der Waals surface area contributed by atoms with Crippen molar-refractivity contribution in [2.24, 2.45) is 0 Å². The maximum atomic E-state index is 8.74. The Morgan fingerprint density at radius 2 is 2.00 bits per heavy atom. The van der Waals surface area contributed by atoms with Gasteiger partial charge < -0.3 is 10.4 Å². The number of aliphatic hydroxyl groups excluding tert-OH is 1. The van der Waals surface area contributed by atoms with Crippen LogP contribution in [0.3, 0.4) is 0 Å². The van der Waals surface area contributed by atoms with E-state index >= 15 is 0 Å². The molecule has 0 radical (unpaired) electrons. The predicted octanol–water partition coefficient (Wildman–Crippen LogP) is 2.13. The first-order valence-corrected chi connectivity index (χ1v) is 3.56. The second kappa shape index (κ2) is 5.59. The summed E-state index contributed by atoms with van der Waals surface area (Å²) in [5.74, 6) is 0.201. The van der Waals surface area contributed by atoms with Gasteiger partial charge in [0.05, 0.1) is 5.76 Å². The first kappa shape index (κ1) is 9.82. The largest absolute Gasteiger partial charge is 0.513 e. The molecule has 0 aliphatic carbocycles. The van der Waals surface area contributed by atoms with Gasteiger partial charge in [0.1, 0.15) is 0 Å². The van der Waals surface area contributed by atoms with E-state index in [-0.39, 0.29) is 5.76 Å². The zero-order valence-electron chi connectivity index (χ0n) is 6.77. The van der Waals surface area contributed by atoms with Crippen molar-refractivity contribution < 1.29 is 5.11 Å². The molecule has 0 aromatic carbocycles. The molecule has 62 valence electrons. The zero-order valence-corrected chi connectivity index (χ0v) is 6.77. The smallest absolute Gasteiger partial charge is 0.0854 e. The Kier molecular flexibility index (Phi) is 4.99. The molecule has 0 heterocycles. The van der Waals surface area contributed by atoms with E-state index in [0.717, 1.165) is 18.7 Å². The van der Waals surface area contributed by atoms with Gasteiger partial charge in [-0.05, 0) is 6.42 Å². The average molecular weight is 153 g/mol. The van der Waals surface area contributed by atoms with Crippen molar-refractivity contribution in [3.63, 3.8) is 0 Å². The molecular formula is C9H15NO. The molecule has 0 fully saturated rings. The topological polar surface area (TPSA) is 32.3 Å². The minimum absolute atomic E-state index is 0.201. The molecule has 0 atom stereocenters. The van der Waals surface area contributed by atoms with Gasteiger partial charge in [0, 0.05) is 18.7 Å². The maximum Gasteiger partial charge on any atom is 0.0854 e. The number of allylic oxidation sites excluding steroid dienone is 2. The van der Waals surface area contributed by atoms with Crippen molar-refractivity contribution in [2.45, 2.75) is 12.8 Å². The van der Waals surface area contributed by atoms with E-state index in [0.29, 0.717) is 6.42 Å². The summed E-state index contributed by atoms with van der Waals surface area (Å²) in [4.78, 5) is 0. The van der Waals surface area contributed by atoms with Gasteiger partial charge in [-0.2, -0.15) is 0 Å². The molecule has 2 heteroatoms. The number of hydrogen-bond acceptors (Lipinski definition) is 2. The minimum atomic E-state index is 0.201. The molecule has 0 saturated carbocycles. The van der Waals surface area contributed by atoms with Gasteiger partial charge in [0.15, 0.2) is 0 Å². The van der Waals surface area contributed by atoms with Crippen LogP contribution in [0.25, 0.3) is 0 Å². The van der Waals surface area contributed by atoms with Crippen molar-refractivity contribution in [1.82, 2.24) is 5.32 Å². The van der Waals surface area contributed by atoms with Crippen LogP contribution in [0.1, 0.15) is 12.8 Å². The van der Waals surface area contributed by atoms with Crippen LogP contribution < -0.4 is 5.32 Å². The Balaban J connectivity index is 3.37. The lowest BCUT2D eigenvalue weighted by atomic mass is 10.2. The first-order chi connectivity index (χ1) is 5.16. The van der Waals surface area contributed by atoms with Crippen LogP contribution in [0.15, 0.2) is 37.3 Å². The number of hydrogen-bond donors (Lipinski definition) is 2. The molecule has 0 aromatic heterocycles. The molecule has 0 spiro atoms. The fourth-order valence-corrected chi connectivity index (χ4v) is 0.600. The molecule has 2 nitrogen and oxygen atoms in total. The van der Waals surface area contributed by atoms with Gasteiger partial charge >= 0.3 is 0 Å². The van der Waals surface area contributed by atoms with E-state index in [9.17, 15) is 0 Å². The van der Waals surface area contributed by atoms with Crippen molar-refractivity contribution in [1.29, 1.82) is 0 Å². The van der Waals surface area contributed by atoms with Crippen LogP contribution >= 0.6 is 0 Å².